The number of carbonyl (C=O) groups is 2. The normalized spacial score (nSPS) is 20.3. The summed E-state index contributed by atoms with van der Waals surface area (Å²) in [6, 6.07) is 0. The number of hydrogen-bond donors (Lipinski definition) is 1. The Hall–Kier alpha value is -1.96. The van der Waals surface area contributed by atoms with Crippen molar-refractivity contribution < 1.29 is 52.3 Å². The summed E-state index contributed by atoms with van der Waals surface area (Å²) in [7, 11) is -2.26. The lowest BCUT2D eigenvalue weighted by molar-refractivity contribution is -0.304. The first-order valence-corrected chi connectivity index (χ1v) is 25.8. The molecular weight excluding hydrogens is 757 g/mol. The second kappa shape index (κ2) is 32.8. The standard InChI is InChI=1S/C46H86O11Si/c1-10-14-16-18-20-22-24-26-28-30-35-50-41-40(57-45(49)53-34-13-4)39(37-54-58(8,9)46(5,6)7)56-43(47)42(41)51-36-32-38(55-44(48)52-33-12-3)31-29-27-25-23-21-19-17-15-11-2/h12-13,38-43,47H,3-4,10-11,14-37H2,1-2,5-9H3/t38-,39+,40+,41-,42+,43-/m0/s1. The van der Waals surface area contributed by atoms with Crippen LogP contribution in [-0.2, 0) is 37.6 Å². The summed E-state index contributed by atoms with van der Waals surface area (Å²) in [6.45, 7) is 23.0. The summed E-state index contributed by atoms with van der Waals surface area (Å²) >= 11 is 0. The molecule has 0 saturated carbocycles. The summed E-state index contributed by atoms with van der Waals surface area (Å²) in [4.78, 5) is 25.5. The minimum atomic E-state index is -2.26. The molecule has 1 heterocycles. The van der Waals surface area contributed by atoms with Crippen LogP contribution in [0.3, 0.4) is 0 Å². The molecule has 0 aliphatic carbocycles. The van der Waals surface area contributed by atoms with E-state index >= 15 is 0 Å². The van der Waals surface area contributed by atoms with E-state index in [1.165, 1.54) is 95.6 Å². The summed E-state index contributed by atoms with van der Waals surface area (Å²) < 4.78 is 47.5. The molecule has 0 amide bonds. The highest BCUT2D eigenvalue weighted by Gasteiger charge is 2.50. The second-order valence-corrected chi connectivity index (χ2v) is 22.2. The van der Waals surface area contributed by atoms with Crippen molar-refractivity contribution in [2.24, 2.45) is 0 Å². The summed E-state index contributed by atoms with van der Waals surface area (Å²) in [5.74, 6) is 0. The lowest BCUT2D eigenvalue weighted by atomic mass is 9.98. The van der Waals surface area contributed by atoms with Gasteiger partial charge in [0.05, 0.1) is 13.2 Å². The van der Waals surface area contributed by atoms with Crippen molar-refractivity contribution in [1.29, 1.82) is 0 Å². The molecule has 1 N–H and O–H groups in total. The molecule has 0 aromatic heterocycles. The number of carbonyl (C=O) groups excluding carboxylic acids is 2. The summed E-state index contributed by atoms with van der Waals surface area (Å²) in [5.41, 5.74) is 0. The monoisotopic (exact) mass is 843 g/mol. The molecule has 0 aromatic rings. The highest BCUT2D eigenvalue weighted by molar-refractivity contribution is 6.74. The zero-order valence-electron chi connectivity index (χ0n) is 37.9. The van der Waals surface area contributed by atoms with Gasteiger partial charge < -0.3 is 42.7 Å². The second-order valence-electron chi connectivity index (χ2n) is 17.4. The zero-order chi connectivity index (χ0) is 43.1. The average Bonchev–Trinajstić information content (AvgIpc) is 3.18. The zero-order valence-corrected chi connectivity index (χ0v) is 38.9. The van der Waals surface area contributed by atoms with E-state index in [1.54, 1.807) is 0 Å². The molecule has 1 saturated heterocycles. The Morgan fingerprint density at radius 3 is 1.67 bits per heavy atom. The van der Waals surface area contributed by atoms with E-state index in [9.17, 15) is 14.7 Å². The molecule has 58 heavy (non-hydrogen) atoms. The minimum absolute atomic E-state index is 0.0280. The topological polar surface area (TPSA) is 128 Å². The van der Waals surface area contributed by atoms with Crippen molar-refractivity contribution in [3.05, 3.63) is 25.3 Å². The molecule has 1 aliphatic heterocycles. The van der Waals surface area contributed by atoms with Crippen molar-refractivity contribution in [3.8, 4) is 0 Å². The van der Waals surface area contributed by atoms with Crippen LogP contribution < -0.4 is 0 Å². The van der Waals surface area contributed by atoms with E-state index in [-0.39, 0.29) is 31.5 Å². The van der Waals surface area contributed by atoms with Gasteiger partial charge in [-0.2, -0.15) is 0 Å². The Balaban J connectivity index is 3.11. The quantitative estimate of drug-likeness (QED) is 0.0283. The smallest absolute Gasteiger partial charge is 0.431 e. The van der Waals surface area contributed by atoms with Crippen LogP contribution in [0.1, 0.15) is 169 Å². The highest BCUT2D eigenvalue weighted by atomic mass is 28.4. The fourth-order valence-electron chi connectivity index (χ4n) is 6.70. The number of unbranched alkanes of at least 4 members (excludes halogenated alkanes) is 17. The summed E-state index contributed by atoms with van der Waals surface area (Å²) in [5, 5.41) is 11.4. The third-order valence-corrected chi connectivity index (χ3v) is 15.8. The predicted octanol–water partition coefficient (Wildman–Crippen LogP) is 12.1. The number of aliphatic hydroxyl groups excluding tert-OH is 1. The number of aliphatic hydroxyl groups is 1. The van der Waals surface area contributed by atoms with Crippen molar-refractivity contribution in [3.63, 3.8) is 0 Å². The Morgan fingerprint density at radius 2 is 1.16 bits per heavy atom. The summed E-state index contributed by atoms with van der Waals surface area (Å²) in [6.07, 6.45) is 19.1. The maximum atomic E-state index is 13.0. The SMILES string of the molecule is C=CCOC(=O)O[C@@H](CCCCCCCCCCC)CCO[C@@H]1[C@@H](OCCCCCCCCCCCC)[C@H](OC(=O)OCC=C)[C@@H](CO[Si](C)(C)C(C)(C)C)O[C@@H]1O. The largest absolute Gasteiger partial charge is 0.509 e. The van der Waals surface area contributed by atoms with Crippen molar-refractivity contribution in [1.82, 2.24) is 0 Å². The van der Waals surface area contributed by atoms with Crippen LogP contribution in [-0.4, -0.2) is 95.6 Å². The fraction of sp³-hybridized carbons (Fsp3) is 0.870. The lowest BCUT2D eigenvalue weighted by Gasteiger charge is -2.45. The predicted molar refractivity (Wildman–Crippen MR) is 235 cm³/mol. The van der Waals surface area contributed by atoms with Gasteiger partial charge in [0.1, 0.15) is 37.6 Å². The minimum Gasteiger partial charge on any atom is -0.431 e. The molecule has 0 unspecified atom stereocenters. The maximum Gasteiger partial charge on any atom is 0.509 e. The van der Waals surface area contributed by atoms with Gasteiger partial charge in [0.15, 0.2) is 20.7 Å². The first-order valence-electron chi connectivity index (χ1n) is 22.9. The highest BCUT2D eigenvalue weighted by Crippen LogP contribution is 2.38. The van der Waals surface area contributed by atoms with Crippen LogP contribution in [0.4, 0.5) is 9.59 Å². The molecule has 11 nitrogen and oxygen atoms in total. The Labute approximate surface area is 354 Å². The van der Waals surface area contributed by atoms with Gasteiger partial charge in [-0.25, -0.2) is 9.59 Å². The van der Waals surface area contributed by atoms with E-state index in [2.05, 4.69) is 60.9 Å². The molecule has 1 fully saturated rings. The van der Waals surface area contributed by atoms with E-state index in [0.717, 1.165) is 38.5 Å². The van der Waals surface area contributed by atoms with Crippen LogP contribution in [0.5, 0.6) is 0 Å². The first-order chi connectivity index (χ1) is 27.8. The Kier molecular flexibility index (Phi) is 30.5. The molecule has 6 atom stereocenters. The molecule has 1 rings (SSSR count). The fourth-order valence-corrected chi connectivity index (χ4v) is 7.72. The van der Waals surface area contributed by atoms with Gasteiger partial charge in [-0.1, -0.05) is 169 Å². The van der Waals surface area contributed by atoms with E-state index < -0.39 is 57.4 Å². The molecule has 0 spiro atoms. The molecule has 1 aliphatic rings. The lowest BCUT2D eigenvalue weighted by Crippen LogP contribution is -2.62. The number of hydrogen-bond acceptors (Lipinski definition) is 11. The van der Waals surface area contributed by atoms with Gasteiger partial charge in [0.2, 0.25) is 0 Å². The Bertz CT molecular complexity index is 1060. The van der Waals surface area contributed by atoms with Crippen LogP contribution in [0.15, 0.2) is 25.3 Å². The molecule has 0 radical (unpaired) electrons. The van der Waals surface area contributed by atoms with Gasteiger partial charge >= 0.3 is 12.3 Å². The third-order valence-electron chi connectivity index (χ3n) is 11.3. The average molecular weight is 843 g/mol. The van der Waals surface area contributed by atoms with Gasteiger partial charge in [0, 0.05) is 13.0 Å². The van der Waals surface area contributed by atoms with Gasteiger partial charge in [-0.3, -0.25) is 0 Å². The van der Waals surface area contributed by atoms with E-state index in [0.29, 0.717) is 19.4 Å². The van der Waals surface area contributed by atoms with E-state index in [1.807, 2.05) is 0 Å². The molecule has 340 valence electrons. The van der Waals surface area contributed by atoms with Gasteiger partial charge in [-0.05, 0) is 37.4 Å². The van der Waals surface area contributed by atoms with Gasteiger partial charge in [-0.15, -0.1) is 0 Å². The molecular formula is C46H86O11Si. The van der Waals surface area contributed by atoms with Crippen molar-refractivity contribution in [2.75, 3.05) is 33.0 Å². The van der Waals surface area contributed by atoms with Gasteiger partial charge in [0.25, 0.3) is 0 Å². The number of rotatable bonds is 35. The molecule has 0 bridgehead atoms. The maximum absolute atomic E-state index is 13.0. The van der Waals surface area contributed by atoms with Crippen molar-refractivity contribution in [2.45, 2.75) is 224 Å². The molecule has 0 aromatic carbocycles. The van der Waals surface area contributed by atoms with Crippen LogP contribution in [0.2, 0.25) is 18.1 Å². The van der Waals surface area contributed by atoms with Crippen molar-refractivity contribution >= 4 is 20.6 Å². The van der Waals surface area contributed by atoms with Crippen LogP contribution in [0.25, 0.3) is 0 Å². The van der Waals surface area contributed by atoms with E-state index in [4.69, 9.17) is 37.6 Å². The van der Waals surface area contributed by atoms with Crippen LogP contribution >= 0.6 is 0 Å². The number of ether oxygens (including phenoxy) is 7. The first kappa shape index (κ1) is 54.1. The van der Waals surface area contributed by atoms with Crippen LogP contribution in [0, 0.1) is 0 Å². The Morgan fingerprint density at radius 1 is 0.672 bits per heavy atom. The molecule has 12 heteroatoms. The third kappa shape index (κ3) is 24.3.